The number of fused-ring (bicyclic) bond motifs is 1. The Morgan fingerprint density at radius 2 is 2.23 bits per heavy atom. The summed E-state index contributed by atoms with van der Waals surface area (Å²) in [5.74, 6) is 0.0974. The molecule has 3 aromatic rings. The molecule has 1 amide bonds. The first kappa shape index (κ1) is 14.8. The van der Waals surface area contributed by atoms with E-state index in [1.165, 1.54) is 15.6 Å². The van der Waals surface area contributed by atoms with Crippen LogP contribution in [0.15, 0.2) is 42.2 Å². The minimum absolute atomic E-state index is 0.0599. The molecule has 0 fully saturated rings. The van der Waals surface area contributed by atoms with E-state index in [9.17, 15) is 4.79 Å². The van der Waals surface area contributed by atoms with Crippen LogP contribution in [-0.2, 0) is 17.8 Å². The van der Waals surface area contributed by atoms with Crippen LogP contribution in [0.1, 0.15) is 18.2 Å². The van der Waals surface area contributed by atoms with Crippen molar-refractivity contribution in [3.8, 4) is 0 Å². The van der Waals surface area contributed by atoms with Crippen LogP contribution in [0.25, 0.3) is 10.1 Å². The summed E-state index contributed by atoms with van der Waals surface area (Å²) in [6.07, 6.45) is 4.11. The van der Waals surface area contributed by atoms with E-state index in [0.29, 0.717) is 13.0 Å². The van der Waals surface area contributed by atoms with Crippen molar-refractivity contribution < 1.29 is 4.79 Å². The van der Waals surface area contributed by atoms with Gasteiger partial charge in [-0.3, -0.25) is 4.79 Å². The third kappa shape index (κ3) is 3.04. The third-order valence-corrected chi connectivity index (χ3v) is 4.86. The zero-order chi connectivity index (χ0) is 15.5. The largest absolute Gasteiger partial charge is 0.348 e. The highest BCUT2D eigenvalue weighted by molar-refractivity contribution is 7.17. The summed E-state index contributed by atoms with van der Waals surface area (Å²) in [5.41, 5.74) is 2.21. The van der Waals surface area contributed by atoms with Gasteiger partial charge in [0, 0.05) is 42.5 Å². The van der Waals surface area contributed by atoms with Crippen molar-refractivity contribution in [2.75, 3.05) is 7.05 Å². The Bertz CT molecular complexity index is 763. The van der Waals surface area contributed by atoms with E-state index >= 15 is 0 Å². The molecule has 114 valence electrons. The molecule has 2 aromatic heterocycles. The second kappa shape index (κ2) is 6.32. The topological polar surface area (TPSA) is 49.0 Å². The second-order valence-electron chi connectivity index (χ2n) is 5.63. The fraction of sp³-hybridized carbons (Fsp3) is 0.294. The number of hydrogen-bond acceptors (Lipinski definition) is 3. The van der Waals surface area contributed by atoms with Gasteiger partial charge in [0.25, 0.3) is 0 Å². The Balaban J connectivity index is 1.68. The number of hydrogen-bond donors (Lipinski definition) is 1. The van der Waals surface area contributed by atoms with E-state index < -0.39 is 0 Å². The van der Waals surface area contributed by atoms with Crippen LogP contribution in [0.5, 0.6) is 0 Å². The first-order valence-electron chi connectivity index (χ1n) is 7.32. The molecule has 4 nitrogen and oxygen atoms in total. The van der Waals surface area contributed by atoms with Gasteiger partial charge >= 0.3 is 0 Å². The number of rotatable bonds is 5. The Labute approximate surface area is 133 Å². The SMILES string of the molecule is C[C@H](Cc1cnc[nH]1)C(=O)N(C)Cc1csc2ccccc12. The summed E-state index contributed by atoms with van der Waals surface area (Å²) in [7, 11) is 1.87. The average Bonchev–Trinajstić information content (AvgIpc) is 3.17. The van der Waals surface area contributed by atoms with Crippen molar-refractivity contribution in [2.24, 2.45) is 5.92 Å². The monoisotopic (exact) mass is 313 g/mol. The third-order valence-electron chi connectivity index (χ3n) is 3.85. The standard InChI is InChI=1S/C17H19N3OS/c1-12(7-14-8-18-11-19-14)17(21)20(2)9-13-10-22-16-6-4-3-5-15(13)16/h3-6,8,10-12H,7,9H2,1-2H3,(H,18,19)/t12-/m1/s1. The molecule has 22 heavy (non-hydrogen) atoms. The number of carbonyl (C=O) groups is 1. The summed E-state index contributed by atoms with van der Waals surface area (Å²) in [5, 5.41) is 3.39. The molecule has 3 rings (SSSR count). The zero-order valence-corrected chi connectivity index (χ0v) is 13.6. The summed E-state index contributed by atoms with van der Waals surface area (Å²) in [6.45, 7) is 2.61. The number of amides is 1. The lowest BCUT2D eigenvalue weighted by Crippen LogP contribution is -2.32. The number of H-pyrrole nitrogens is 1. The van der Waals surface area contributed by atoms with Gasteiger partial charge in [-0.15, -0.1) is 11.3 Å². The summed E-state index contributed by atoms with van der Waals surface area (Å²) >= 11 is 1.73. The molecule has 5 heteroatoms. The fourth-order valence-electron chi connectivity index (χ4n) is 2.68. The number of aromatic nitrogens is 2. The number of nitrogens with zero attached hydrogens (tertiary/aromatic N) is 2. The molecule has 0 saturated carbocycles. The van der Waals surface area contributed by atoms with Gasteiger partial charge in [0.05, 0.1) is 6.33 Å². The zero-order valence-electron chi connectivity index (χ0n) is 12.7. The average molecular weight is 313 g/mol. The predicted molar refractivity (Wildman–Crippen MR) is 89.8 cm³/mol. The van der Waals surface area contributed by atoms with Gasteiger partial charge in [0.2, 0.25) is 5.91 Å². The Kier molecular flexibility index (Phi) is 4.24. The van der Waals surface area contributed by atoms with Crippen LogP contribution in [-0.4, -0.2) is 27.8 Å². The number of carbonyl (C=O) groups excluding carboxylic acids is 1. The lowest BCUT2D eigenvalue weighted by molar-refractivity contribution is -0.134. The van der Waals surface area contributed by atoms with Gasteiger partial charge in [-0.1, -0.05) is 25.1 Å². The Morgan fingerprint density at radius 3 is 3.00 bits per heavy atom. The van der Waals surface area contributed by atoms with Gasteiger partial charge in [0.15, 0.2) is 0 Å². The van der Waals surface area contributed by atoms with Crippen molar-refractivity contribution >= 4 is 27.3 Å². The van der Waals surface area contributed by atoms with E-state index in [0.717, 1.165) is 5.69 Å². The van der Waals surface area contributed by atoms with Crippen LogP contribution in [0.2, 0.25) is 0 Å². The van der Waals surface area contributed by atoms with E-state index in [4.69, 9.17) is 0 Å². The molecular formula is C17H19N3OS. The Morgan fingerprint density at radius 1 is 1.41 bits per heavy atom. The first-order chi connectivity index (χ1) is 10.6. The molecule has 1 aromatic carbocycles. The van der Waals surface area contributed by atoms with Crippen LogP contribution >= 0.6 is 11.3 Å². The number of thiophene rings is 1. The molecule has 0 saturated heterocycles. The quantitative estimate of drug-likeness (QED) is 0.784. The Hall–Kier alpha value is -2.14. The molecule has 0 aliphatic rings. The maximum Gasteiger partial charge on any atom is 0.225 e. The van der Waals surface area contributed by atoms with E-state index in [2.05, 4.69) is 27.5 Å². The van der Waals surface area contributed by atoms with Crippen molar-refractivity contribution in [3.63, 3.8) is 0 Å². The molecule has 0 bridgehead atoms. The fourth-order valence-corrected chi connectivity index (χ4v) is 3.63. The maximum atomic E-state index is 12.5. The molecule has 1 atom stereocenters. The number of imidazole rings is 1. The highest BCUT2D eigenvalue weighted by Gasteiger charge is 2.19. The van der Waals surface area contributed by atoms with Crippen LogP contribution in [0.4, 0.5) is 0 Å². The first-order valence-corrected chi connectivity index (χ1v) is 8.20. The molecule has 0 unspecified atom stereocenters. The van der Waals surface area contributed by atoms with Crippen LogP contribution < -0.4 is 0 Å². The van der Waals surface area contributed by atoms with Gasteiger partial charge in [0.1, 0.15) is 0 Å². The van der Waals surface area contributed by atoms with Crippen LogP contribution in [0.3, 0.4) is 0 Å². The van der Waals surface area contributed by atoms with Crippen molar-refractivity contribution in [1.82, 2.24) is 14.9 Å². The molecule has 1 N–H and O–H groups in total. The normalized spacial score (nSPS) is 12.5. The summed E-state index contributed by atoms with van der Waals surface area (Å²) < 4.78 is 1.27. The van der Waals surface area contributed by atoms with Gasteiger partial charge in [-0.05, 0) is 22.4 Å². The summed E-state index contributed by atoms with van der Waals surface area (Å²) in [4.78, 5) is 21.4. The lowest BCUT2D eigenvalue weighted by Gasteiger charge is -2.21. The lowest BCUT2D eigenvalue weighted by atomic mass is 10.0. The maximum absolute atomic E-state index is 12.5. The minimum Gasteiger partial charge on any atom is -0.348 e. The highest BCUT2D eigenvalue weighted by atomic mass is 32.1. The molecule has 0 spiro atoms. The number of benzene rings is 1. The molecular weight excluding hydrogens is 294 g/mol. The highest BCUT2D eigenvalue weighted by Crippen LogP contribution is 2.26. The molecule has 2 heterocycles. The summed E-state index contributed by atoms with van der Waals surface area (Å²) in [6, 6.07) is 8.32. The van der Waals surface area contributed by atoms with Gasteiger partial charge in [-0.25, -0.2) is 4.98 Å². The van der Waals surface area contributed by atoms with Crippen molar-refractivity contribution in [2.45, 2.75) is 19.9 Å². The smallest absolute Gasteiger partial charge is 0.225 e. The van der Waals surface area contributed by atoms with Crippen LogP contribution in [0, 0.1) is 5.92 Å². The molecule has 0 radical (unpaired) electrons. The molecule has 0 aliphatic carbocycles. The van der Waals surface area contributed by atoms with Gasteiger partial charge < -0.3 is 9.88 Å². The minimum atomic E-state index is -0.0599. The molecule has 0 aliphatic heterocycles. The second-order valence-corrected chi connectivity index (χ2v) is 6.54. The predicted octanol–water partition coefficient (Wildman–Crippen LogP) is 3.46. The van der Waals surface area contributed by atoms with E-state index in [1.807, 2.05) is 31.0 Å². The van der Waals surface area contributed by atoms with Crippen molar-refractivity contribution in [1.29, 1.82) is 0 Å². The van der Waals surface area contributed by atoms with E-state index in [1.54, 1.807) is 23.9 Å². The number of aromatic amines is 1. The van der Waals surface area contributed by atoms with Crippen molar-refractivity contribution in [3.05, 3.63) is 53.4 Å². The number of nitrogens with one attached hydrogen (secondary N) is 1. The van der Waals surface area contributed by atoms with Gasteiger partial charge in [-0.2, -0.15) is 0 Å². The van der Waals surface area contributed by atoms with E-state index in [-0.39, 0.29) is 11.8 Å².